The van der Waals surface area contributed by atoms with E-state index in [1.165, 1.54) is 18.3 Å². The van der Waals surface area contributed by atoms with Gasteiger partial charge < -0.3 is 0 Å². The molecule has 0 fully saturated rings. The van der Waals surface area contributed by atoms with Gasteiger partial charge in [-0.25, -0.2) is 4.98 Å². The number of rotatable bonds is 4. The van der Waals surface area contributed by atoms with Crippen LogP contribution in [0, 0.1) is 13.8 Å². The van der Waals surface area contributed by atoms with Crippen molar-refractivity contribution in [2.45, 2.75) is 25.1 Å². The highest BCUT2D eigenvalue weighted by Crippen LogP contribution is 2.25. The van der Waals surface area contributed by atoms with E-state index in [-0.39, 0.29) is 16.7 Å². The zero-order chi connectivity index (χ0) is 17.4. The molecule has 2 N–H and O–H groups in total. The summed E-state index contributed by atoms with van der Waals surface area (Å²) < 4.78 is 0.670. The number of ketones is 1. The monoisotopic (exact) mass is 388 g/mol. The van der Waals surface area contributed by atoms with Crippen LogP contribution < -0.4 is 5.14 Å². The summed E-state index contributed by atoms with van der Waals surface area (Å²) in [6.07, 6.45) is 0. The van der Waals surface area contributed by atoms with Crippen LogP contribution in [-0.2, 0) is 4.79 Å². The highest BCUT2D eigenvalue weighted by atomic mass is 35.5. The van der Waals surface area contributed by atoms with E-state index in [1.807, 2.05) is 31.2 Å². The summed E-state index contributed by atoms with van der Waals surface area (Å²) >= 11 is 9.02. The van der Waals surface area contributed by atoms with Crippen LogP contribution in [0.3, 0.4) is 0 Å². The lowest BCUT2D eigenvalue weighted by Gasteiger charge is -1.95. The van der Waals surface area contributed by atoms with E-state index in [1.54, 1.807) is 6.92 Å². The fourth-order valence-corrected chi connectivity index (χ4v) is 3.54. The molecule has 124 valence electrons. The number of thioether (sulfide) groups is 1. The Hall–Kier alpha value is -0.860. The molecule has 0 aliphatic carbocycles. The summed E-state index contributed by atoms with van der Waals surface area (Å²) in [6, 6.07) is 7.77. The number of aromatic nitrogens is 1. The molecule has 23 heavy (non-hydrogen) atoms. The van der Waals surface area contributed by atoms with Crippen LogP contribution in [0.25, 0.3) is 0 Å². The first kappa shape index (κ1) is 20.2. The fraction of sp³-hybridized carbons (Fsp3) is 0.267. The summed E-state index contributed by atoms with van der Waals surface area (Å²) in [5.74, 6) is 0.109. The lowest BCUT2D eigenvalue weighted by molar-refractivity contribution is -0.109. The molecule has 0 saturated heterocycles. The van der Waals surface area contributed by atoms with Crippen molar-refractivity contribution in [2.24, 2.45) is 5.14 Å². The van der Waals surface area contributed by atoms with E-state index < -0.39 is 0 Å². The van der Waals surface area contributed by atoms with Crippen molar-refractivity contribution in [3.63, 3.8) is 0 Å². The molecule has 0 atom stereocenters. The molecule has 0 aliphatic heterocycles. The van der Waals surface area contributed by atoms with Gasteiger partial charge in [-0.05, 0) is 37.4 Å². The smallest absolute Gasteiger partial charge is 0.186 e. The zero-order valence-corrected chi connectivity index (χ0v) is 16.2. The van der Waals surface area contributed by atoms with Crippen LogP contribution in [-0.4, -0.2) is 21.6 Å². The molecule has 0 bridgehead atoms. The molecule has 2 rings (SSSR count). The van der Waals surface area contributed by atoms with Crippen LogP contribution in [0.1, 0.15) is 27.9 Å². The minimum absolute atomic E-state index is 0.0565. The van der Waals surface area contributed by atoms with Crippen molar-refractivity contribution in [2.75, 3.05) is 5.75 Å². The molecule has 1 heterocycles. The first-order chi connectivity index (χ1) is 10.8. The molecular weight excluding hydrogens is 372 g/mol. The minimum atomic E-state index is -0.0644. The van der Waals surface area contributed by atoms with Crippen LogP contribution in [0.2, 0.25) is 5.02 Å². The van der Waals surface area contributed by atoms with Gasteiger partial charge in [0.2, 0.25) is 0 Å². The van der Waals surface area contributed by atoms with Crippen molar-refractivity contribution in [3.8, 4) is 0 Å². The maximum Gasteiger partial charge on any atom is 0.186 e. The van der Waals surface area contributed by atoms with Crippen molar-refractivity contribution >= 4 is 57.5 Å². The second-order valence-corrected chi connectivity index (χ2v) is 7.90. The number of carbonyl (C=O) groups excluding carboxylic acids is 2. The Morgan fingerprint density at radius 2 is 1.96 bits per heavy atom. The maximum atomic E-state index is 11.6. The number of carbonyl (C=O) groups is 2. The molecule has 0 unspecified atom stereocenters. The molecule has 1 aromatic heterocycles. The van der Waals surface area contributed by atoms with Gasteiger partial charge in [0.15, 0.2) is 15.2 Å². The number of benzene rings is 1. The van der Waals surface area contributed by atoms with Gasteiger partial charge in [-0.3, -0.25) is 14.7 Å². The SMILES string of the molecule is CC(=O)SCC(=O)c1sc(SN)nc1C.Cc1ccccc1Cl. The van der Waals surface area contributed by atoms with Crippen LogP contribution in [0.5, 0.6) is 0 Å². The number of nitrogens with zero attached hydrogens (tertiary/aromatic N) is 1. The van der Waals surface area contributed by atoms with Gasteiger partial charge in [0, 0.05) is 11.9 Å². The van der Waals surface area contributed by atoms with Gasteiger partial charge in [0.25, 0.3) is 0 Å². The molecule has 0 amide bonds. The number of halogens is 1. The Morgan fingerprint density at radius 1 is 1.30 bits per heavy atom. The maximum absolute atomic E-state index is 11.6. The lowest BCUT2D eigenvalue weighted by atomic mass is 10.2. The molecule has 2 aromatic rings. The van der Waals surface area contributed by atoms with Crippen LogP contribution in [0.15, 0.2) is 28.6 Å². The van der Waals surface area contributed by atoms with Gasteiger partial charge in [-0.1, -0.05) is 41.6 Å². The van der Waals surface area contributed by atoms with Crippen molar-refractivity contribution < 1.29 is 9.59 Å². The number of hydrogen-bond donors (Lipinski definition) is 1. The topological polar surface area (TPSA) is 73.0 Å². The van der Waals surface area contributed by atoms with Gasteiger partial charge >= 0.3 is 0 Å². The molecule has 8 heteroatoms. The lowest BCUT2D eigenvalue weighted by Crippen LogP contribution is -2.03. The quantitative estimate of drug-likeness (QED) is 0.612. The predicted molar refractivity (Wildman–Crippen MR) is 101 cm³/mol. The summed E-state index contributed by atoms with van der Waals surface area (Å²) in [5, 5.41) is 6.13. The molecule has 0 spiro atoms. The second kappa shape index (κ2) is 10.1. The first-order valence-electron chi connectivity index (χ1n) is 6.57. The summed E-state index contributed by atoms with van der Waals surface area (Å²) in [6.45, 7) is 5.20. The zero-order valence-electron chi connectivity index (χ0n) is 13.0. The Morgan fingerprint density at radius 3 is 2.39 bits per heavy atom. The van der Waals surface area contributed by atoms with E-state index in [2.05, 4.69) is 4.98 Å². The van der Waals surface area contributed by atoms with Gasteiger partial charge in [0.1, 0.15) is 0 Å². The Labute approximate surface area is 153 Å². The third-order valence-electron chi connectivity index (χ3n) is 2.61. The van der Waals surface area contributed by atoms with Gasteiger partial charge in [-0.2, -0.15) is 0 Å². The van der Waals surface area contributed by atoms with E-state index >= 15 is 0 Å². The minimum Gasteiger partial charge on any atom is -0.292 e. The second-order valence-electron chi connectivity index (χ2n) is 4.46. The molecule has 0 aliphatic rings. The van der Waals surface area contributed by atoms with E-state index in [4.69, 9.17) is 16.7 Å². The molecular formula is C15H17ClN2O2S3. The van der Waals surface area contributed by atoms with Crippen molar-refractivity contribution in [1.82, 2.24) is 4.98 Å². The Kier molecular flexibility index (Phi) is 8.86. The van der Waals surface area contributed by atoms with Gasteiger partial charge in [0.05, 0.1) is 16.3 Å². The highest BCUT2D eigenvalue weighted by molar-refractivity contribution is 8.14. The van der Waals surface area contributed by atoms with Crippen molar-refractivity contribution in [3.05, 3.63) is 45.4 Å². The van der Waals surface area contributed by atoms with E-state index in [9.17, 15) is 9.59 Å². The van der Waals surface area contributed by atoms with Crippen LogP contribution in [0.4, 0.5) is 0 Å². The largest absolute Gasteiger partial charge is 0.292 e. The fourth-order valence-electron chi connectivity index (χ4n) is 1.46. The summed E-state index contributed by atoms with van der Waals surface area (Å²) in [4.78, 5) is 27.1. The van der Waals surface area contributed by atoms with E-state index in [0.717, 1.165) is 34.3 Å². The number of thiazole rings is 1. The van der Waals surface area contributed by atoms with Crippen molar-refractivity contribution in [1.29, 1.82) is 0 Å². The average molecular weight is 389 g/mol. The Balaban J connectivity index is 0.000000277. The molecule has 0 saturated carbocycles. The first-order valence-corrected chi connectivity index (χ1v) is 9.63. The number of Topliss-reactive ketones (excluding diaryl/α,β-unsaturated/α-hetero) is 1. The predicted octanol–water partition coefficient (Wildman–Crippen LogP) is 4.53. The number of nitrogens with two attached hydrogens (primary N) is 1. The van der Waals surface area contributed by atoms with Crippen LogP contribution >= 0.6 is 46.6 Å². The number of aryl methyl sites for hydroxylation is 2. The normalized spacial score (nSPS) is 9.96. The van der Waals surface area contributed by atoms with E-state index in [0.29, 0.717) is 14.9 Å². The third kappa shape index (κ3) is 7.05. The Bertz CT molecular complexity index is 668. The highest BCUT2D eigenvalue weighted by Gasteiger charge is 2.15. The standard InChI is InChI=1S/C8H10N2O2S3.C7H7Cl/c1-4-7(14-8(10-4)15-9)6(12)3-13-5(2)11;1-6-4-2-3-5-7(6)8/h3,9H2,1-2H3;2-5H,1H3. The summed E-state index contributed by atoms with van der Waals surface area (Å²) in [7, 11) is 0. The third-order valence-corrected chi connectivity index (χ3v) is 5.68. The molecule has 4 nitrogen and oxygen atoms in total. The average Bonchev–Trinajstić information content (AvgIpc) is 2.90. The van der Waals surface area contributed by atoms with Gasteiger partial charge in [-0.15, -0.1) is 11.3 Å². The summed E-state index contributed by atoms with van der Waals surface area (Å²) in [5.41, 5.74) is 1.82. The molecule has 1 aromatic carbocycles. The number of hydrogen-bond acceptors (Lipinski definition) is 7. The molecule has 0 radical (unpaired) electrons.